The molecule has 0 aromatic heterocycles. The van der Waals surface area contributed by atoms with Crippen molar-refractivity contribution in [2.75, 3.05) is 0 Å². The number of ether oxygens (including phenoxy) is 2. The Bertz CT molecular complexity index is 502. The minimum absolute atomic E-state index is 0.00257. The van der Waals surface area contributed by atoms with E-state index in [2.05, 4.69) is 0 Å². The SMILES string of the molecule is O=C(O)C1OC(OCc2ccc(CO)cc2)C(O)C(O)C1O. The predicted octanol–water partition coefficient (Wildman–Crippen LogP) is -1.41. The van der Waals surface area contributed by atoms with E-state index in [0.717, 1.165) is 5.56 Å². The normalized spacial score (nSPS) is 31.9. The van der Waals surface area contributed by atoms with Crippen LogP contribution in [0, 0.1) is 0 Å². The van der Waals surface area contributed by atoms with Gasteiger partial charge in [0.25, 0.3) is 0 Å². The van der Waals surface area contributed by atoms with E-state index in [1.807, 2.05) is 0 Å². The van der Waals surface area contributed by atoms with E-state index >= 15 is 0 Å². The molecular weight excluding hydrogens is 296 g/mol. The van der Waals surface area contributed by atoms with Crippen molar-refractivity contribution in [2.45, 2.75) is 43.9 Å². The van der Waals surface area contributed by atoms with Crippen LogP contribution >= 0.6 is 0 Å². The number of aliphatic carboxylic acids is 1. The van der Waals surface area contributed by atoms with E-state index in [-0.39, 0.29) is 13.2 Å². The summed E-state index contributed by atoms with van der Waals surface area (Å²) in [6.45, 7) is -0.0848. The standard InChI is InChI=1S/C14H18O8/c15-5-7-1-3-8(4-2-7)6-21-14-11(18)9(16)10(17)12(22-14)13(19)20/h1-4,9-12,14-18H,5-6H2,(H,19,20). The van der Waals surface area contributed by atoms with Crippen LogP contribution in [0.5, 0.6) is 0 Å². The molecule has 0 spiro atoms. The van der Waals surface area contributed by atoms with Crippen LogP contribution in [0.2, 0.25) is 0 Å². The Balaban J connectivity index is 1.99. The van der Waals surface area contributed by atoms with Crippen LogP contribution < -0.4 is 0 Å². The summed E-state index contributed by atoms with van der Waals surface area (Å²) in [4.78, 5) is 11.0. The Labute approximate surface area is 126 Å². The molecule has 5 N–H and O–H groups in total. The van der Waals surface area contributed by atoms with Crippen molar-refractivity contribution in [1.82, 2.24) is 0 Å². The highest BCUT2D eigenvalue weighted by Crippen LogP contribution is 2.23. The Morgan fingerprint density at radius 1 is 1.05 bits per heavy atom. The second kappa shape index (κ2) is 7.14. The van der Waals surface area contributed by atoms with Gasteiger partial charge in [-0.2, -0.15) is 0 Å². The third-order valence-corrected chi connectivity index (χ3v) is 3.43. The number of carboxylic acids is 1. The largest absolute Gasteiger partial charge is 0.479 e. The average molecular weight is 314 g/mol. The van der Waals surface area contributed by atoms with E-state index in [4.69, 9.17) is 19.7 Å². The number of hydrogen-bond acceptors (Lipinski definition) is 7. The summed E-state index contributed by atoms with van der Waals surface area (Å²) in [6, 6.07) is 6.77. The van der Waals surface area contributed by atoms with Gasteiger partial charge in [-0.05, 0) is 11.1 Å². The molecule has 5 unspecified atom stereocenters. The first-order chi connectivity index (χ1) is 10.4. The third kappa shape index (κ3) is 3.61. The molecule has 1 aromatic rings. The fraction of sp³-hybridized carbons (Fsp3) is 0.500. The molecule has 0 bridgehead atoms. The second-order valence-electron chi connectivity index (χ2n) is 5.02. The quantitative estimate of drug-likeness (QED) is 0.447. The fourth-order valence-corrected chi connectivity index (χ4v) is 2.11. The Kier molecular flexibility index (Phi) is 5.46. The summed E-state index contributed by atoms with van der Waals surface area (Å²) in [6.07, 6.45) is -8.05. The zero-order valence-corrected chi connectivity index (χ0v) is 11.6. The van der Waals surface area contributed by atoms with Gasteiger partial charge in [0.2, 0.25) is 0 Å². The van der Waals surface area contributed by atoms with E-state index in [1.165, 1.54) is 0 Å². The van der Waals surface area contributed by atoms with Crippen LogP contribution in [-0.4, -0.2) is 62.2 Å². The van der Waals surface area contributed by atoms with Gasteiger partial charge < -0.3 is 35.0 Å². The number of carbonyl (C=O) groups is 1. The lowest BCUT2D eigenvalue weighted by Crippen LogP contribution is -2.60. The van der Waals surface area contributed by atoms with Crippen molar-refractivity contribution >= 4 is 5.97 Å². The fourth-order valence-electron chi connectivity index (χ4n) is 2.11. The summed E-state index contributed by atoms with van der Waals surface area (Å²) in [5.41, 5.74) is 1.43. The molecule has 8 heteroatoms. The zero-order chi connectivity index (χ0) is 16.3. The molecule has 0 radical (unpaired) electrons. The molecule has 0 aliphatic carbocycles. The monoisotopic (exact) mass is 314 g/mol. The highest BCUT2D eigenvalue weighted by atomic mass is 16.7. The maximum atomic E-state index is 11.0. The molecule has 2 rings (SSSR count). The lowest BCUT2D eigenvalue weighted by molar-refractivity contribution is -0.297. The maximum Gasteiger partial charge on any atom is 0.335 e. The number of benzene rings is 1. The highest BCUT2D eigenvalue weighted by Gasteiger charge is 2.47. The molecule has 5 atom stereocenters. The first-order valence-corrected chi connectivity index (χ1v) is 6.66. The lowest BCUT2D eigenvalue weighted by Gasteiger charge is -2.38. The molecule has 0 amide bonds. The van der Waals surface area contributed by atoms with Crippen molar-refractivity contribution in [3.8, 4) is 0 Å². The van der Waals surface area contributed by atoms with Crippen LogP contribution in [0.15, 0.2) is 24.3 Å². The molecular formula is C14H18O8. The first-order valence-electron chi connectivity index (χ1n) is 6.66. The Morgan fingerprint density at radius 3 is 2.18 bits per heavy atom. The highest BCUT2D eigenvalue weighted by molar-refractivity contribution is 5.73. The summed E-state index contributed by atoms with van der Waals surface area (Å²) >= 11 is 0. The second-order valence-corrected chi connectivity index (χ2v) is 5.02. The molecule has 1 heterocycles. The first kappa shape index (κ1) is 16.8. The molecule has 1 aliphatic rings. The molecule has 22 heavy (non-hydrogen) atoms. The molecule has 122 valence electrons. The topological polar surface area (TPSA) is 137 Å². The number of aliphatic hydroxyl groups is 4. The van der Waals surface area contributed by atoms with Crippen LogP contribution in [-0.2, 0) is 27.5 Å². The molecule has 1 saturated heterocycles. The van der Waals surface area contributed by atoms with Gasteiger partial charge in [0.15, 0.2) is 12.4 Å². The summed E-state index contributed by atoms with van der Waals surface area (Å²) < 4.78 is 10.3. The van der Waals surface area contributed by atoms with E-state index in [9.17, 15) is 20.1 Å². The van der Waals surface area contributed by atoms with Crippen molar-refractivity contribution in [2.24, 2.45) is 0 Å². The maximum absolute atomic E-state index is 11.0. The smallest absolute Gasteiger partial charge is 0.335 e. The van der Waals surface area contributed by atoms with Gasteiger partial charge in [-0.15, -0.1) is 0 Å². The van der Waals surface area contributed by atoms with Gasteiger partial charge in [-0.25, -0.2) is 4.79 Å². The van der Waals surface area contributed by atoms with Crippen LogP contribution in [0.25, 0.3) is 0 Å². The van der Waals surface area contributed by atoms with Crippen molar-refractivity contribution in [3.63, 3.8) is 0 Å². The average Bonchev–Trinajstić information content (AvgIpc) is 2.52. The van der Waals surface area contributed by atoms with Crippen molar-refractivity contribution < 1.29 is 39.8 Å². The Morgan fingerprint density at radius 2 is 1.64 bits per heavy atom. The van der Waals surface area contributed by atoms with Gasteiger partial charge in [0, 0.05) is 0 Å². The van der Waals surface area contributed by atoms with Crippen LogP contribution in [0.1, 0.15) is 11.1 Å². The van der Waals surface area contributed by atoms with Crippen molar-refractivity contribution in [3.05, 3.63) is 35.4 Å². The molecule has 1 aliphatic heterocycles. The molecule has 1 aromatic carbocycles. The Hall–Kier alpha value is -1.55. The minimum Gasteiger partial charge on any atom is -0.479 e. The van der Waals surface area contributed by atoms with E-state index < -0.39 is 36.7 Å². The number of rotatable bonds is 5. The van der Waals surface area contributed by atoms with Crippen molar-refractivity contribution in [1.29, 1.82) is 0 Å². The van der Waals surface area contributed by atoms with Crippen LogP contribution in [0.3, 0.4) is 0 Å². The summed E-state index contributed by atoms with van der Waals surface area (Å²) in [5.74, 6) is -1.46. The lowest BCUT2D eigenvalue weighted by atomic mass is 9.99. The summed E-state index contributed by atoms with van der Waals surface area (Å²) in [5, 5.41) is 46.8. The van der Waals surface area contributed by atoms with Gasteiger partial charge in [-0.1, -0.05) is 24.3 Å². The number of aliphatic hydroxyl groups excluding tert-OH is 4. The number of hydrogen-bond donors (Lipinski definition) is 5. The van der Waals surface area contributed by atoms with Gasteiger partial charge in [0.05, 0.1) is 13.2 Å². The third-order valence-electron chi connectivity index (χ3n) is 3.43. The van der Waals surface area contributed by atoms with E-state index in [1.54, 1.807) is 24.3 Å². The summed E-state index contributed by atoms with van der Waals surface area (Å²) in [7, 11) is 0. The van der Waals surface area contributed by atoms with Gasteiger partial charge in [0.1, 0.15) is 18.3 Å². The molecule has 1 fully saturated rings. The molecule has 0 saturated carbocycles. The molecule has 8 nitrogen and oxygen atoms in total. The zero-order valence-electron chi connectivity index (χ0n) is 11.6. The minimum atomic E-state index is -1.74. The predicted molar refractivity (Wildman–Crippen MR) is 71.5 cm³/mol. The van der Waals surface area contributed by atoms with Gasteiger partial charge in [-0.3, -0.25) is 0 Å². The number of carboxylic acid groups (broad SMARTS) is 1. The van der Waals surface area contributed by atoms with Crippen LogP contribution in [0.4, 0.5) is 0 Å². The van der Waals surface area contributed by atoms with Gasteiger partial charge >= 0.3 is 5.97 Å². The van der Waals surface area contributed by atoms with E-state index in [0.29, 0.717) is 5.56 Å².